The molecule has 0 aromatic heterocycles. The minimum absolute atomic E-state index is 0.983. The second-order valence-corrected chi connectivity index (χ2v) is 12.4. The molecule has 1 heteroatoms. The molecule has 11 aliphatic rings. The standard InChI is InChI=1S/C21H22S/c22-5-6-7-1-9-11-3-13-15-14-4-12-10-2-8(6)18(10)16-17(7,9)19(11,13)21(15,16)20(12,14)18/h6-16,22H,1-5H2. The van der Waals surface area contributed by atoms with Gasteiger partial charge in [-0.2, -0.15) is 12.6 Å². The molecule has 0 aromatic rings. The van der Waals surface area contributed by atoms with Gasteiger partial charge in [0.05, 0.1) is 0 Å². The summed E-state index contributed by atoms with van der Waals surface area (Å²) in [5, 5.41) is 0. The number of hydrogen-bond acceptors (Lipinski definition) is 1. The zero-order valence-electron chi connectivity index (χ0n) is 12.8. The molecule has 12 unspecified atom stereocenters. The number of rotatable bonds is 1. The number of fused-ring (bicyclic) bond motifs is 4. The summed E-state index contributed by atoms with van der Waals surface area (Å²) in [5.41, 5.74) is 5.06. The Morgan fingerprint density at radius 1 is 0.636 bits per heavy atom. The fourth-order valence-corrected chi connectivity index (χ4v) is 16.9. The molecule has 0 N–H and O–H groups in total. The Morgan fingerprint density at radius 3 is 1.73 bits per heavy atom. The summed E-state index contributed by atoms with van der Waals surface area (Å²) in [7, 11) is 0. The average Bonchev–Trinajstić information content (AvgIpc) is 2.43. The quantitative estimate of drug-likeness (QED) is 0.706. The molecule has 22 heavy (non-hydrogen) atoms. The maximum Gasteiger partial charge on any atom is -0.00638 e. The van der Waals surface area contributed by atoms with Gasteiger partial charge in [0.25, 0.3) is 0 Å². The maximum absolute atomic E-state index is 4.94. The molecule has 0 aliphatic heterocycles. The molecule has 0 nitrogen and oxygen atoms in total. The van der Waals surface area contributed by atoms with Crippen molar-refractivity contribution >= 4 is 12.6 Å². The van der Waals surface area contributed by atoms with Crippen LogP contribution in [0.1, 0.15) is 25.7 Å². The first kappa shape index (κ1) is 9.73. The average molecular weight is 306 g/mol. The van der Waals surface area contributed by atoms with Gasteiger partial charge in [0, 0.05) is 0 Å². The lowest BCUT2D eigenvalue weighted by Gasteiger charge is -3.28. The first-order valence-corrected chi connectivity index (χ1v) is 11.1. The fraction of sp³-hybridized carbons (Fsp3) is 1.00. The molecule has 11 saturated carbocycles. The van der Waals surface area contributed by atoms with Crippen LogP contribution in [0.3, 0.4) is 0 Å². The minimum atomic E-state index is 0.983. The van der Waals surface area contributed by atoms with Crippen molar-refractivity contribution in [3.05, 3.63) is 0 Å². The van der Waals surface area contributed by atoms with Gasteiger partial charge in [0.1, 0.15) is 0 Å². The molecule has 0 heterocycles. The van der Waals surface area contributed by atoms with Gasteiger partial charge >= 0.3 is 0 Å². The third-order valence-corrected chi connectivity index (χ3v) is 15.1. The SMILES string of the molecule is SCC1C2CC3C4CC5C6C7CC8C9CC1C91C9C23C45C69C871. The van der Waals surface area contributed by atoms with Gasteiger partial charge in [-0.05, 0) is 124 Å². The van der Waals surface area contributed by atoms with Gasteiger partial charge < -0.3 is 0 Å². The summed E-state index contributed by atoms with van der Waals surface area (Å²) < 4.78 is 0. The van der Waals surface area contributed by atoms with Crippen LogP contribution in [0.4, 0.5) is 0 Å². The van der Waals surface area contributed by atoms with E-state index in [1.165, 1.54) is 64.9 Å². The summed E-state index contributed by atoms with van der Waals surface area (Å²) in [6.45, 7) is 0. The van der Waals surface area contributed by atoms with Crippen LogP contribution < -0.4 is 0 Å². The maximum atomic E-state index is 4.94. The molecule has 0 amide bonds. The molecule has 5 spiro atoms. The molecule has 0 aromatic carbocycles. The van der Waals surface area contributed by atoms with Crippen molar-refractivity contribution in [3.63, 3.8) is 0 Å². The highest BCUT2D eigenvalue weighted by atomic mass is 32.1. The molecule has 11 fully saturated rings. The van der Waals surface area contributed by atoms with Crippen molar-refractivity contribution in [2.75, 3.05) is 5.75 Å². The van der Waals surface area contributed by atoms with E-state index in [2.05, 4.69) is 0 Å². The van der Waals surface area contributed by atoms with Gasteiger partial charge in [-0.25, -0.2) is 0 Å². The molecule has 0 radical (unpaired) electrons. The van der Waals surface area contributed by atoms with E-state index in [0.717, 1.165) is 33.0 Å². The Labute approximate surface area is 136 Å². The van der Waals surface area contributed by atoms with E-state index in [1.54, 1.807) is 25.7 Å². The van der Waals surface area contributed by atoms with Crippen LogP contribution in [0.25, 0.3) is 0 Å². The first-order valence-electron chi connectivity index (χ1n) is 10.5. The van der Waals surface area contributed by atoms with Gasteiger partial charge in [-0.15, -0.1) is 0 Å². The van der Waals surface area contributed by atoms with Crippen LogP contribution >= 0.6 is 12.6 Å². The highest BCUT2D eigenvalue weighted by Gasteiger charge is 3.25. The lowest BCUT2D eigenvalue weighted by atomic mass is 8.76. The van der Waals surface area contributed by atoms with Gasteiger partial charge in [0.15, 0.2) is 0 Å². The molecule has 12 atom stereocenters. The van der Waals surface area contributed by atoms with E-state index in [0.29, 0.717) is 0 Å². The Hall–Kier alpha value is 0.350. The zero-order valence-corrected chi connectivity index (χ0v) is 13.7. The first-order chi connectivity index (χ1) is 10.8. The second-order valence-electron chi connectivity index (χ2n) is 12.1. The number of thiol groups is 1. The van der Waals surface area contributed by atoms with Crippen molar-refractivity contribution < 1.29 is 0 Å². The third kappa shape index (κ3) is 0.337. The van der Waals surface area contributed by atoms with Crippen molar-refractivity contribution in [1.82, 2.24) is 0 Å². The van der Waals surface area contributed by atoms with Crippen LogP contribution in [0, 0.1) is 92.2 Å². The number of hydrogen-bond donors (Lipinski definition) is 1. The minimum Gasteiger partial charge on any atom is -0.179 e. The Kier molecular flexibility index (Phi) is 0.837. The lowest BCUT2D eigenvalue weighted by Crippen LogP contribution is -3.25. The summed E-state index contributed by atoms with van der Waals surface area (Å²) in [5.74, 6) is 14.9. The van der Waals surface area contributed by atoms with Crippen LogP contribution in [0.15, 0.2) is 0 Å². The van der Waals surface area contributed by atoms with Gasteiger partial charge in [0.2, 0.25) is 0 Å². The monoisotopic (exact) mass is 306 g/mol. The highest BCUT2D eigenvalue weighted by Crippen LogP contribution is 3.28. The fourth-order valence-electron chi connectivity index (χ4n) is 16.4. The van der Waals surface area contributed by atoms with Gasteiger partial charge in [-0.1, -0.05) is 0 Å². The smallest absolute Gasteiger partial charge is 0.00638 e. The summed E-state index contributed by atoms with van der Waals surface area (Å²) >= 11 is 4.94. The molecular formula is C21H22S. The van der Waals surface area contributed by atoms with E-state index in [9.17, 15) is 0 Å². The van der Waals surface area contributed by atoms with E-state index in [4.69, 9.17) is 12.6 Å². The summed E-state index contributed by atoms with van der Waals surface area (Å²) in [4.78, 5) is 0. The van der Waals surface area contributed by atoms with E-state index in [1.807, 2.05) is 0 Å². The largest absolute Gasteiger partial charge is 0.179 e. The summed E-state index contributed by atoms with van der Waals surface area (Å²) in [6, 6.07) is 0. The third-order valence-electron chi connectivity index (χ3n) is 14.6. The predicted molar refractivity (Wildman–Crippen MR) is 82.9 cm³/mol. The highest BCUT2D eigenvalue weighted by molar-refractivity contribution is 7.80. The Bertz CT molecular complexity index is 772. The van der Waals surface area contributed by atoms with Crippen LogP contribution in [0.2, 0.25) is 0 Å². The topological polar surface area (TPSA) is 0 Å². The van der Waals surface area contributed by atoms with Crippen LogP contribution in [-0.2, 0) is 0 Å². The van der Waals surface area contributed by atoms with Crippen molar-refractivity contribution in [3.8, 4) is 0 Å². The molecule has 0 saturated heterocycles. The van der Waals surface area contributed by atoms with E-state index >= 15 is 0 Å². The Morgan fingerprint density at radius 2 is 1.18 bits per heavy atom. The molecular weight excluding hydrogens is 284 g/mol. The van der Waals surface area contributed by atoms with Gasteiger partial charge in [-0.3, -0.25) is 0 Å². The van der Waals surface area contributed by atoms with E-state index < -0.39 is 0 Å². The second kappa shape index (κ2) is 1.89. The van der Waals surface area contributed by atoms with Crippen molar-refractivity contribution in [2.45, 2.75) is 25.7 Å². The van der Waals surface area contributed by atoms with E-state index in [-0.39, 0.29) is 0 Å². The molecule has 11 rings (SSSR count). The van der Waals surface area contributed by atoms with Crippen molar-refractivity contribution in [1.29, 1.82) is 0 Å². The molecule has 112 valence electrons. The normalized spacial score (nSPS) is 103. The Balaban J connectivity index is 1.32. The lowest BCUT2D eigenvalue weighted by molar-refractivity contribution is -0.818. The molecule has 0 bridgehead atoms. The van der Waals surface area contributed by atoms with Crippen LogP contribution in [0.5, 0.6) is 0 Å². The zero-order chi connectivity index (χ0) is 13.4. The van der Waals surface area contributed by atoms with Crippen LogP contribution in [-0.4, -0.2) is 5.75 Å². The molecule has 11 aliphatic carbocycles. The van der Waals surface area contributed by atoms with Crippen molar-refractivity contribution in [2.24, 2.45) is 92.2 Å². The summed E-state index contributed by atoms with van der Waals surface area (Å²) in [6.07, 6.45) is 6.75. The predicted octanol–water partition coefficient (Wildman–Crippen LogP) is 3.34.